The Bertz CT molecular complexity index is 817. The van der Waals surface area contributed by atoms with E-state index >= 15 is 0 Å². The second-order valence-corrected chi connectivity index (χ2v) is 5.11. The molecule has 1 nitrogen and oxygen atoms in total. The van der Waals surface area contributed by atoms with Crippen LogP contribution in [0.3, 0.4) is 0 Å². The Balaban J connectivity index is 2.21. The number of hydrogen-bond donors (Lipinski definition) is 1. The normalized spacial score (nSPS) is 12.6. The van der Waals surface area contributed by atoms with E-state index in [-0.39, 0.29) is 16.4 Å². The summed E-state index contributed by atoms with van der Waals surface area (Å²) in [5.41, 5.74) is 0.743. The Morgan fingerprint density at radius 1 is 0.762 bits per heavy atom. The molecule has 21 heavy (non-hydrogen) atoms. The van der Waals surface area contributed by atoms with Crippen LogP contribution in [-0.4, -0.2) is 5.11 Å². The fourth-order valence-corrected chi connectivity index (χ4v) is 2.65. The summed E-state index contributed by atoms with van der Waals surface area (Å²) >= 11 is 5.91. The van der Waals surface area contributed by atoms with Gasteiger partial charge in [-0.15, -0.1) is 0 Å². The first-order valence-electron chi connectivity index (χ1n) is 6.38. The summed E-state index contributed by atoms with van der Waals surface area (Å²) in [4.78, 5) is 0. The van der Waals surface area contributed by atoms with Crippen molar-refractivity contribution in [3.63, 3.8) is 0 Å². The smallest absolute Gasteiger partial charge is 0.142 e. The van der Waals surface area contributed by atoms with Gasteiger partial charge in [0.2, 0.25) is 0 Å². The molecular formula is C17H11ClF2O. The molecule has 0 heterocycles. The van der Waals surface area contributed by atoms with Gasteiger partial charge in [0.15, 0.2) is 0 Å². The Hall–Kier alpha value is -1.97. The second-order valence-electron chi connectivity index (χ2n) is 4.73. The highest BCUT2D eigenvalue weighted by Crippen LogP contribution is 2.34. The average Bonchev–Trinajstić information content (AvgIpc) is 2.50. The molecule has 0 amide bonds. The summed E-state index contributed by atoms with van der Waals surface area (Å²) < 4.78 is 27.3. The predicted molar refractivity (Wildman–Crippen MR) is 79.4 cm³/mol. The standard InChI is InChI=1S/C17H11ClF2O/c18-16-13(6-3-7-15(16)20)17(21)12-8-9-14(19)11-5-2-1-4-10(11)12/h1-9,17,21H. The molecule has 0 fully saturated rings. The molecule has 4 heteroatoms. The molecule has 3 aromatic rings. The molecule has 0 aliphatic carbocycles. The molecule has 0 aliphatic rings. The molecule has 1 N–H and O–H groups in total. The molecule has 3 aromatic carbocycles. The van der Waals surface area contributed by atoms with Gasteiger partial charge in [-0.2, -0.15) is 0 Å². The van der Waals surface area contributed by atoms with E-state index in [2.05, 4.69) is 0 Å². The van der Waals surface area contributed by atoms with Crippen molar-refractivity contribution in [1.82, 2.24) is 0 Å². The van der Waals surface area contributed by atoms with Crippen LogP contribution in [0.2, 0.25) is 5.02 Å². The van der Waals surface area contributed by atoms with Gasteiger partial charge < -0.3 is 5.11 Å². The Morgan fingerprint density at radius 3 is 2.24 bits per heavy atom. The highest BCUT2D eigenvalue weighted by atomic mass is 35.5. The topological polar surface area (TPSA) is 20.2 Å². The first-order chi connectivity index (χ1) is 10.1. The summed E-state index contributed by atoms with van der Waals surface area (Å²) in [6, 6.07) is 13.8. The quantitative estimate of drug-likeness (QED) is 0.717. The van der Waals surface area contributed by atoms with Crippen molar-refractivity contribution < 1.29 is 13.9 Å². The molecule has 0 aromatic heterocycles. The van der Waals surface area contributed by atoms with Gasteiger partial charge in [0.1, 0.15) is 17.7 Å². The van der Waals surface area contributed by atoms with Gasteiger partial charge in [0.25, 0.3) is 0 Å². The van der Waals surface area contributed by atoms with Crippen LogP contribution in [0.1, 0.15) is 17.2 Å². The lowest BCUT2D eigenvalue weighted by Crippen LogP contribution is -2.03. The lowest BCUT2D eigenvalue weighted by molar-refractivity contribution is 0.221. The fourth-order valence-electron chi connectivity index (χ4n) is 2.42. The van der Waals surface area contributed by atoms with Gasteiger partial charge in [-0.1, -0.05) is 54.1 Å². The van der Waals surface area contributed by atoms with E-state index < -0.39 is 11.9 Å². The number of halogens is 3. The van der Waals surface area contributed by atoms with E-state index in [9.17, 15) is 13.9 Å². The first kappa shape index (κ1) is 14.0. The Labute approximate surface area is 125 Å². The van der Waals surface area contributed by atoms with Crippen LogP contribution in [-0.2, 0) is 0 Å². The van der Waals surface area contributed by atoms with Crippen molar-refractivity contribution in [1.29, 1.82) is 0 Å². The van der Waals surface area contributed by atoms with Crippen LogP contribution in [0.25, 0.3) is 10.8 Å². The summed E-state index contributed by atoms with van der Waals surface area (Å²) in [7, 11) is 0. The average molecular weight is 305 g/mol. The van der Waals surface area contributed by atoms with Crippen LogP contribution >= 0.6 is 11.6 Å². The summed E-state index contributed by atoms with van der Waals surface area (Å²) in [6.45, 7) is 0. The summed E-state index contributed by atoms with van der Waals surface area (Å²) in [5, 5.41) is 11.4. The van der Waals surface area contributed by atoms with Crippen LogP contribution in [0.5, 0.6) is 0 Å². The van der Waals surface area contributed by atoms with E-state index in [0.29, 0.717) is 16.3 Å². The number of aliphatic hydroxyl groups is 1. The van der Waals surface area contributed by atoms with Crippen molar-refractivity contribution >= 4 is 22.4 Å². The Morgan fingerprint density at radius 2 is 1.48 bits per heavy atom. The number of aliphatic hydroxyl groups excluding tert-OH is 1. The Kier molecular flexibility index (Phi) is 3.62. The van der Waals surface area contributed by atoms with Gasteiger partial charge in [0, 0.05) is 10.9 Å². The number of benzene rings is 3. The second kappa shape index (κ2) is 5.43. The largest absolute Gasteiger partial charge is 0.384 e. The summed E-state index contributed by atoms with van der Waals surface area (Å²) in [5.74, 6) is -0.966. The lowest BCUT2D eigenvalue weighted by Gasteiger charge is -2.16. The lowest BCUT2D eigenvalue weighted by atomic mass is 9.95. The molecule has 1 unspecified atom stereocenters. The highest BCUT2D eigenvalue weighted by Gasteiger charge is 2.19. The zero-order chi connectivity index (χ0) is 15.0. The molecule has 0 bridgehead atoms. The van der Waals surface area contributed by atoms with Crippen molar-refractivity contribution in [2.24, 2.45) is 0 Å². The molecule has 1 atom stereocenters. The molecule has 3 rings (SSSR count). The highest BCUT2D eigenvalue weighted by molar-refractivity contribution is 6.31. The predicted octanol–water partition coefficient (Wildman–Crippen LogP) is 4.85. The SMILES string of the molecule is OC(c1cccc(F)c1Cl)c1ccc(F)c2ccccc12. The maximum atomic E-state index is 13.8. The van der Waals surface area contributed by atoms with Gasteiger partial charge in [-0.25, -0.2) is 8.78 Å². The van der Waals surface area contributed by atoms with E-state index in [1.165, 1.54) is 24.3 Å². The molecule has 0 aliphatic heterocycles. The van der Waals surface area contributed by atoms with E-state index in [4.69, 9.17) is 11.6 Å². The van der Waals surface area contributed by atoms with Crippen molar-refractivity contribution in [2.75, 3.05) is 0 Å². The van der Waals surface area contributed by atoms with Crippen molar-refractivity contribution in [3.8, 4) is 0 Å². The third-order valence-corrected chi connectivity index (χ3v) is 3.87. The van der Waals surface area contributed by atoms with E-state index in [0.717, 1.165) is 0 Å². The minimum Gasteiger partial charge on any atom is -0.384 e. The van der Waals surface area contributed by atoms with Gasteiger partial charge in [-0.3, -0.25) is 0 Å². The molecule has 0 saturated carbocycles. The number of rotatable bonds is 2. The minimum atomic E-state index is -1.13. The maximum absolute atomic E-state index is 13.8. The number of fused-ring (bicyclic) bond motifs is 1. The van der Waals surface area contributed by atoms with Crippen molar-refractivity contribution in [2.45, 2.75) is 6.10 Å². The van der Waals surface area contributed by atoms with Crippen molar-refractivity contribution in [3.05, 3.63) is 82.4 Å². The zero-order valence-corrected chi connectivity index (χ0v) is 11.6. The molecule has 0 spiro atoms. The monoisotopic (exact) mass is 304 g/mol. The van der Waals surface area contributed by atoms with Crippen LogP contribution in [0.15, 0.2) is 54.6 Å². The minimum absolute atomic E-state index is 0.126. The van der Waals surface area contributed by atoms with Crippen LogP contribution < -0.4 is 0 Å². The van der Waals surface area contributed by atoms with Gasteiger partial charge in [-0.05, 0) is 23.1 Å². The molecule has 0 saturated heterocycles. The third-order valence-electron chi connectivity index (χ3n) is 3.48. The summed E-state index contributed by atoms with van der Waals surface area (Å²) in [6.07, 6.45) is -1.13. The third kappa shape index (κ3) is 2.39. The molecule has 0 radical (unpaired) electrons. The van der Waals surface area contributed by atoms with Gasteiger partial charge in [0.05, 0.1) is 5.02 Å². The van der Waals surface area contributed by atoms with Crippen LogP contribution in [0.4, 0.5) is 8.78 Å². The van der Waals surface area contributed by atoms with Crippen LogP contribution in [0, 0.1) is 11.6 Å². The van der Waals surface area contributed by atoms with E-state index in [1.807, 2.05) is 0 Å². The molecular weight excluding hydrogens is 294 g/mol. The fraction of sp³-hybridized carbons (Fsp3) is 0.0588. The zero-order valence-electron chi connectivity index (χ0n) is 10.9. The first-order valence-corrected chi connectivity index (χ1v) is 6.76. The number of hydrogen-bond acceptors (Lipinski definition) is 1. The molecule has 106 valence electrons. The maximum Gasteiger partial charge on any atom is 0.142 e. The van der Waals surface area contributed by atoms with Gasteiger partial charge >= 0.3 is 0 Å². The van der Waals surface area contributed by atoms with E-state index in [1.54, 1.807) is 30.3 Å².